The summed E-state index contributed by atoms with van der Waals surface area (Å²) >= 11 is 5.36. The number of nitrogens with one attached hydrogen (secondary N) is 1. The molecule has 1 fully saturated rings. The van der Waals surface area contributed by atoms with Gasteiger partial charge in [-0.05, 0) is 49.5 Å². The van der Waals surface area contributed by atoms with Crippen LogP contribution in [0.2, 0.25) is 0 Å². The van der Waals surface area contributed by atoms with E-state index in [9.17, 15) is 13.6 Å². The van der Waals surface area contributed by atoms with E-state index >= 15 is 0 Å². The van der Waals surface area contributed by atoms with Gasteiger partial charge in [0.1, 0.15) is 11.6 Å². The number of anilines is 2. The third kappa shape index (κ3) is 3.99. The number of carbonyl (C=O) groups excluding carboxylic acids is 1. The molecular weight excluding hydrogens is 356 g/mol. The van der Waals surface area contributed by atoms with Crippen LogP contribution in [0, 0.1) is 11.6 Å². The average Bonchev–Trinajstić information content (AvgIpc) is 2.63. The zero-order chi connectivity index (χ0) is 18.7. The molecule has 1 heterocycles. The monoisotopic (exact) mass is 375 g/mol. The molecule has 0 amide bonds. The van der Waals surface area contributed by atoms with Crippen molar-refractivity contribution >= 4 is 34.5 Å². The van der Waals surface area contributed by atoms with Gasteiger partial charge in [-0.25, -0.2) is 8.78 Å². The van der Waals surface area contributed by atoms with Crippen molar-refractivity contribution in [2.24, 2.45) is 0 Å². The van der Waals surface area contributed by atoms with E-state index in [1.54, 1.807) is 30.3 Å². The summed E-state index contributed by atoms with van der Waals surface area (Å²) in [5, 5.41) is 3.36. The molecule has 26 heavy (non-hydrogen) atoms. The highest BCUT2D eigenvalue weighted by Gasteiger charge is 2.22. The summed E-state index contributed by atoms with van der Waals surface area (Å²) in [6.45, 7) is 3.75. The van der Waals surface area contributed by atoms with Crippen molar-refractivity contribution in [3.63, 3.8) is 0 Å². The zero-order valence-corrected chi connectivity index (χ0v) is 15.2. The van der Waals surface area contributed by atoms with E-state index in [4.69, 9.17) is 12.2 Å². The number of rotatable bonds is 3. The minimum atomic E-state index is -0.404. The Bertz CT molecular complexity index is 835. The molecule has 136 valence electrons. The van der Waals surface area contributed by atoms with Gasteiger partial charge < -0.3 is 15.1 Å². The second-order valence-electron chi connectivity index (χ2n) is 6.11. The molecule has 0 unspecified atom stereocenters. The Balaban J connectivity index is 1.61. The number of hydrogen-bond donors (Lipinski definition) is 1. The standard InChI is InChI=1S/C19H19F2N3OS/c1-13(25)14-6-7-18(16(21)12-14)23-8-10-24(11-9-23)19(26)22-17-5-3-2-4-15(17)20/h2-7,12H,8-11H2,1H3,(H,22,26). The van der Waals surface area contributed by atoms with Crippen LogP contribution in [0.1, 0.15) is 17.3 Å². The van der Waals surface area contributed by atoms with Gasteiger partial charge in [-0.3, -0.25) is 4.79 Å². The fraction of sp³-hybridized carbons (Fsp3) is 0.263. The molecule has 1 saturated heterocycles. The summed E-state index contributed by atoms with van der Waals surface area (Å²) in [4.78, 5) is 15.2. The van der Waals surface area contributed by atoms with Gasteiger partial charge in [0.2, 0.25) is 0 Å². The second kappa shape index (κ2) is 7.78. The number of ketones is 1. The summed E-state index contributed by atoms with van der Waals surface area (Å²) in [6, 6.07) is 10.9. The summed E-state index contributed by atoms with van der Waals surface area (Å²) in [6.07, 6.45) is 0. The largest absolute Gasteiger partial charge is 0.366 e. The molecule has 1 aliphatic heterocycles. The van der Waals surface area contributed by atoms with Gasteiger partial charge >= 0.3 is 0 Å². The fourth-order valence-electron chi connectivity index (χ4n) is 2.89. The molecule has 2 aromatic carbocycles. The number of Topliss-reactive ketones (excluding diaryl/α,β-unsaturated/α-hetero) is 1. The molecule has 0 spiro atoms. The smallest absolute Gasteiger partial charge is 0.173 e. The predicted octanol–water partition coefficient (Wildman–Crippen LogP) is 3.69. The lowest BCUT2D eigenvalue weighted by molar-refractivity contribution is 0.101. The minimum Gasteiger partial charge on any atom is -0.366 e. The van der Waals surface area contributed by atoms with Gasteiger partial charge in [0.05, 0.1) is 11.4 Å². The van der Waals surface area contributed by atoms with E-state index in [0.29, 0.717) is 48.2 Å². The van der Waals surface area contributed by atoms with Crippen molar-refractivity contribution in [1.29, 1.82) is 0 Å². The highest BCUT2D eigenvalue weighted by Crippen LogP contribution is 2.23. The van der Waals surface area contributed by atoms with E-state index < -0.39 is 5.82 Å². The van der Waals surface area contributed by atoms with E-state index in [0.717, 1.165) is 0 Å². The van der Waals surface area contributed by atoms with Gasteiger partial charge in [0.15, 0.2) is 10.9 Å². The number of hydrogen-bond acceptors (Lipinski definition) is 3. The fourth-order valence-corrected chi connectivity index (χ4v) is 3.18. The van der Waals surface area contributed by atoms with Crippen LogP contribution in [0.4, 0.5) is 20.2 Å². The van der Waals surface area contributed by atoms with Gasteiger partial charge in [0, 0.05) is 31.7 Å². The van der Waals surface area contributed by atoms with Crippen LogP contribution in [0.3, 0.4) is 0 Å². The zero-order valence-electron chi connectivity index (χ0n) is 14.3. The normalized spacial score (nSPS) is 14.3. The van der Waals surface area contributed by atoms with Crippen LogP contribution in [0.25, 0.3) is 0 Å². The number of carbonyl (C=O) groups is 1. The van der Waals surface area contributed by atoms with Gasteiger partial charge in [-0.1, -0.05) is 12.1 Å². The number of piperazine rings is 1. The lowest BCUT2D eigenvalue weighted by Gasteiger charge is -2.37. The Hall–Kier alpha value is -2.54. The summed E-state index contributed by atoms with van der Waals surface area (Å²) in [5.74, 6) is -0.927. The summed E-state index contributed by atoms with van der Waals surface area (Å²) in [7, 11) is 0. The molecule has 2 aromatic rings. The van der Waals surface area contributed by atoms with Crippen molar-refractivity contribution in [1.82, 2.24) is 4.90 Å². The molecule has 4 nitrogen and oxygen atoms in total. The molecule has 0 aliphatic carbocycles. The predicted molar refractivity (Wildman–Crippen MR) is 103 cm³/mol. The summed E-state index contributed by atoms with van der Waals surface area (Å²) in [5.41, 5.74) is 1.17. The first-order chi connectivity index (χ1) is 12.5. The maximum absolute atomic E-state index is 14.3. The highest BCUT2D eigenvalue weighted by atomic mass is 32.1. The van der Waals surface area contributed by atoms with Crippen molar-refractivity contribution in [3.8, 4) is 0 Å². The third-order valence-corrected chi connectivity index (χ3v) is 4.74. The van der Waals surface area contributed by atoms with Crippen molar-refractivity contribution in [2.75, 3.05) is 36.4 Å². The van der Waals surface area contributed by atoms with Crippen LogP contribution >= 0.6 is 12.2 Å². The average molecular weight is 375 g/mol. The van der Waals surface area contributed by atoms with Crippen LogP contribution < -0.4 is 10.2 Å². The van der Waals surface area contributed by atoms with Crippen molar-refractivity contribution in [2.45, 2.75) is 6.92 Å². The third-order valence-electron chi connectivity index (χ3n) is 4.38. The van der Waals surface area contributed by atoms with E-state index in [2.05, 4.69) is 5.32 Å². The second-order valence-corrected chi connectivity index (χ2v) is 6.49. The quantitative estimate of drug-likeness (QED) is 0.654. The molecule has 0 atom stereocenters. The summed E-state index contributed by atoms with van der Waals surface area (Å²) < 4.78 is 28.0. The SMILES string of the molecule is CC(=O)c1ccc(N2CCN(C(=S)Nc3ccccc3F)CC2)c(F)c1. The van der Waals surface area contributed by atoms with Crippen LogP contribution in [-0.2, 0) is 0 Å². The molecule has 0 bridgehead atoms. The van der Waals surface area contributed by atoms with Crippen molar-refractivity contribution in [3.05, 3.63) is 59.7 Å². The molecule has 3 rings (SSSR count). The van der Waals surface area contributed by atoms with Crippen LogP contribution in [0.15, 0.2) is 42.5 Å². The molecule has 0 radical (unpaired) electrons. The molecule has 1 N–H and O–H groups in total. The van der Waals surface area contributed by atoms with Crippen LogP contribution in [-0.4, -0.2) is 42.0 Å². The Morgan fingerprint density at radius 3 is 2.35 bits per heavy atom. The Morgan fingerprint density at radius 1 is 1.04 bits per heavy atom. The van der Waals surface area contributed by atoms with Crippen LogP contribution in [0.5, 0.6) is 0 Å². The lowest BCUT2D eigenvalue weighted by Crippen LogP contribution is -2.50. The molecule has 1 aliphatic rings. The first-order valence-electron chi connectivity index (χ1n) is 8.31. The van der Waals surface area contributed by atoms with Gasteiger partial charge in [-0.15, -0.1) is 0 Å². The molecule has 0 aromatic heterocycles. The maximum atomic E-state index is 14.3. The molecule has 7 heteroatoms. The highest BCUT2D eigenvalue weighted by molar-refractivity contribution is 7.80. The Labute approximate surface area is 156 Å². The number of benzene rings is 2. The number of halogens is 2. The first kappa shape index (κ1) is 18.3. The van der Waals surface area contributed by atoms with E-state index in [1.807, 2.05) is 9.80 Å². The van der Waals surface area contributed by atoms with E-state index in [-0.39, 0.29) is 11.6 Å². The number of para-hydroxylation sites is 1. The van der Waals surface area contributed by atoms with Gasteiger partial charge in [-0.2, -0.15) is 0 Å². The van der Waals surface area contributed by atoms with Crippen molar-refractivity contribution < 1.29 is 13.6 Å². The Kier molecular flexibility index (Phi) is 5.46. The number of nitrogens with zero attached hydrogens (tertiary/aromatic N) is 2. The molecular formula is C19H19F2N3OS. The minimum absolute atomic E-state index is 0.162. The van der Waals surface area contributed by atoms with Gasteiger partial charge in [0.25, 0.3) is 0 Å². The maximum Gasteiger partial charge on any atom is 0.173 e. The Morgan fingerprint density at radius 2 is 1.73 bits per heavy atom. The van der Waals surface area contributed by atoms with E-state index in [1.165, 1.54) is 19.1 Å². The number of thiocarbonyl (C=S) groups is 1. The topological polar surface area (TPSA) is 35.6 Å². The first-order valence-corrected chi connectivity index (χ1v) is 8.72. The molecule has 0 saturated carbocycles. The lowest BCUT2D eigenvalue weighted by atomic mass is 10.1.